The summed E-state index contributed by atoms with van der Waals surface area (Å²) in [5.41, 5.74) is 0.180. The second kappa shape index (κ2) is 4.84. The molecule has 1 unspecified atom stereocenters. The largest absolute Gasteiger partial charge is 0.492 e. The molecule has 1 saturated heterocycles. The number of nitrogens with zero attached hydrogens (tertiary/aromatic N) is 1. The summed E-state index contributed by atoms with van der Waals surface area (Å²) >= 11 is 0. The maximum absolute atomic E-state index is 12.4. The van der Waals surface area contributed by atoms with Crippen molar-refractivity contribution in [2.24, 2.45) is 0 Å². The highest BCUT2D eigenvalue weighted by Gasteiger charge is 2.36. The van der Waals surface area contributed by atoms with Crippen LogP contribution >= 0.6 is 0 Å². The van der Waals surface area contributed by atoms with Gasteiger partial charge in [0.15, 0.2) is 5.78 Å². The van der Waals surface area contributed by atoms with Gasteiger partial charge in [0.25, 0.3) is 0 Å². The quantitative estimate of drug-likeness (QED) is 0.807. The molecule has 0 aromatic carbocycles. The Kier molecular flexibility index (Phi) is 3.43. The molecule has 2 rings (SSSR count). The number of ether oxygens (including phenoxy) is 1. The lowest BCUT2D eigenvalue weighted by molar-refractivity contribution is 0.0883. The van der Waals surface area contributed by atoms with Gasteiger partial charge in [-0.1, -0.05) is 0 Å². The minimum Gasteiger partial charge on any atom is -0.492 e. The van der Waals surface area contributed by atoms with Crippen LogP contribution in [-0.4, -0.2) is 29.5 Å². The molecule has 0 bridgehead atoms. The Morgan fingerprint density at radius 1 is 1.59 bits per heavy atom. The van der Waals surface area contributed by atoms with Gasteiger partial charge >= 0.3 is 0 Å². The molecule has 1 atom stereocenters. The molecular weight excluding hydrogens is 216 g/mol. The Labute approximate surface area is 101 Å². The molecular formula is C13H18N2O2. The summed E-state index contributed by atoms with van der Waals surface area (Å²) in [6.07, 6.45) is 5.16. The van der Waals surface area contributed by atoms with Crippen LogP contribution in [0.1, 0.15) is 37.0 Å². The molecule has 4 nitrogen and oxygen atoms in total. The van der Waals surface area contributed by atoms with Crippen LogP contribution in [-0.2, 0) is 0 Å². The Morgan fingerprint density at radius 3 is 3.06 bits per heavy atom. The standard InChI is InChI=1S/C13H18N2O2/c1-3-17-11-7-10(8-14-9-11)12(16)13(2)5-4-6-15-13/h7-9,15H,3-6H2,1-2H3. The average Bonchev–Trinajstić information content (AvgIpc) is 2.77. The molecule has 2 heterocycles. The second-order valence-corrected chi connectivity index (χ2v) is 4.53. The molecule has 1 fully saturated rings. The number of aromatic nitrogens is 1. The van der Waals surface area contributed by atoms with Gasteiger partial charge in [0, 0.05) is 11.8 Å². The maximum atomic E-state index is 12.4. The van der Waals surface area contributed by atoms with Crippen molar-refractivity contribution in [1.82, 2.24) is 10.3 Å². The highest BCUT2D eigenvalue weighted by molar-refractivity contribution is 6.03. The van der Waals surface area contributed by atoms with E-state index in [1.807, 2.05) is 13.8 Å². The first kappa shape index (κ1) is 12.0. The van der Waals surface area contributed by atoms with Crippen LogP contribution in [0.2, 0.25) is 0 Å². The zero-order valence-corrected chi connectivity index (χ0v) is 10.3. The van der Waals surface area contributed by atoms with Gasteiger partial charge in [0.2, 0.25) is 0 Å². The first-order valence-corrected chi connectivity index (χ1v) is 6.03. The van der Waals surface area contributed by atoms with Crippen molar-refractivity contribution in [2.45, 2.75) is 32.2 Å². The fraction of sp³-hybridized carbons (Fsp3) is 0.538. The predicted molar refractivity (Wildman–Crippen MR) is 65.4 cm³/mol. The van der Waals surface area contributed by atoms with E-state index in [9.17, 15) is 4.79 Å². The molecule has 1 N–H and O–H groups in total. The van der Waals surface area contributed by atoms with Gasteiger partial charge in [-0.25, -0.2) is 0 Å². The summed E-state index contributed by atoms with van der Waals surface area (Å²) in [5.74, 6) is 0.754. The predicted octanol–water partition coefficient (Wildman–Crippen LogP) is 1.81. The van der Waals surface area contributed by atoms with Crippen LogP contribution in [0, 0.1) is 0 Å². The minimum absolute atomic E-state index is 0.101. The highest BCUT2D eigenvalue weighted by atomic mass is 16.5. The van der Waals surface area contributed by atoms with E-state index in [-0.39, 0.29) is 5.78 Å². The fourth-order valence-corrected chi connectivity index (χ4v) is 2.20. The van der Waals surface area contributed by atoms with Crippen molar-refractivity contribution in [3.8, 4) is 5.75 Å². The van der Waals surface area contributed by atoms with Crippen LogP contribution in [0.25, 0.3) is 0 Å². The van der Waals surface area contributed by atoms with E-state index >= 15 is 0 Å². The van der Waals surface area contributed by atoms with Gasteiger partial charge in [-0.15, -0.1) is 0 Å². The SMILES string of the molecule is CCOc1cncc(C(=O)C2(C)CCCN2)c1. The van der Waals surface area contributed by atoms with Crippen molar-refractivity contribution in [2.75, 3.05) is 13.2 Å². The summed E-state index contributed by atoms with van der Waals surface area (Å²) in [6.45, 7) is 5.35. The molecule has 0 saturated carbocycles. The summed E-state index contributed by atoms with van der Waals surface area (Å²) < 4.78 is 5.36. The van der Waals surface area contributed by atoms with E-state index in [1.54, 1.807) is 18.5 Å². The second-order valence-electron chi connectivity index (χ2n) is 4.53. The van der Waals surface area contributed by atoms with Crippen LogP contribution in [0.5, 0.6) is 5.75 Å². The number of hydrogen-bond acceptors (Lipinski definition) is 4. The number of ketones is 1. The smallest absolute Gasteiger partial charge is 0.184 e. The first-order valence-electron chi connectivity index (χ1n) is 6.03. The molecule has 4 heteroatoms. The van der Waals surface area contributed by atoms with E-state index in [1.165, 1.54) is 0 Å². The van der Waals surface area contributed by atoms with Crippen molar-refractivity contribution in [3.63, 3.8) is 0 Å². The van der Waals surface area contributed by atoms with E-state index in [0.717, 1.165) is 19.4 Å². The normalized spacial score (nSPS) is 23.6. The lowest BCUT2D eigenvalue weighted by Crippen LogP contribution is -2.44. The van der Waals surface area contributed by atoms with Gasteiger partial charge in [-0.3, -0.25) is 9.78 Å². The number of rotatable bonds is 4. The van der Waals surface area contributed by atoms with Gasteiger partial charge in [0.1, 0.15) is 5.75 Å². The molecule has 0 radical (unpaired) electrons. The van der Waals surface area contributed by atoms with Gasteiger partial charge in [0.05, 0.1) is 18.3 Å². The summed E-state index contributed by atoms with van der Waals surface area (Å²) in [4.78, 5) is 16.4. The monoisotopic (exact) mass is 234 g/mol. The first-order chi connectivity index (χ1) is 8.15. The molecule has 0 spiro atoms. The number of Topliss-reactive ketones (excluding diaryl/α,β-unsaturated/α-hetero) is 1. The molecule has 92 valence electrons. The average molecular weight is 234 g/mol. The number of carbonyl (C=O) groups excluding carboxylic acids is 1. The third kappa shape index (κ3) is 2.47. The lowest BCUT2D eigenvalue weighted by Gasteiger charge is -2.22. The fourth-order valence-electron chi connectivity index (χ4n) is 2.20. The lowest BCUT2D eigenvalue weighted by atomic mass is 9.90. The third-order valence-corrected chi connectivity index (χ3v) is 3.16. The van der Waals surface area contributed by atoms with E-state index in [2.05, 4.69) is 10.3 Å². The Hall–Kier alpha value is -1.42. The van der Waals surface area contributed by atoms with Crippen LogP contribution in [0.4, 0.5) is 0 Å². The molecule has 1 aromatic rings. The molecule has 1 aliphatic heterocycles. The van der Waals surface area contributed by atoms with Gasteiger partial charge < -0.3 is 10.1 Å². The Morgan fingerprint density at radius 2 is 2.41 bits per heavy atom. The van der Waals surface area contributed by atoms with Gasteiger partial charge in [-0.05, 0) is 39.3 Å². The van der Waals surface area contributed by atoms with E-state index < -0.39 is 5.54 Å². The van der Waals surface area contributed by atoms with Crippen LogP contribution < -0.4 is 10.1 Å². The molecule has 1 aromatic heterocycles. The topological polar surface area (TPSA) is 51.2 Å². The number of nitrogens with one attached hydrogen (secondary N) is 1. The van der Waals surface area contributed by atoms with Crippen LogP contribution in [0.15, 0.2) is 18.5 Å². The van der Waals surface area contributed by atoms with Crippen molar-refractivity contribution in [1.29, 1.82) is 0 Å². The zero-order chi connectivity index (χ0) is 12.3. The number of carbonyl (C=O) groups is 1. The molecule has 0 amide bonds. The maximum Gasteiger partial charge on any atom is 0.184 e. The van der Waals surface area contributed by atoms with Gasteiger partial charge in [-0.2, -0.15) is 0 Å². The molecule has 0 aliphatic carbocycles. The summed E-state index contributed by atoms with van der Waals surface area (Å²) in [5, 5.41) is 3.26. The third-order valence-electron chi connectivity index (χ3n) is 3.16. The Bertz CT molecular complexity index is 412. The molecule has 17 heavy (non-hydrogen) atoms. The summed E-state index contributed by atoms with van der Waals surface area (Å²) in [7, 11) is 0. The van der Waals surface area contributed by atoms with Crippen molar-refractivity contribution >= 4 is 5.78 Å². The van der Waals surface area contributed by atoms with Crippen LogP contribution in [0.3, 0.4) is 0 Å². The van der Waals surface area contributed by atoms with E-state index in [4.69, 9.17) is 4.74 Å². The summed E-state index contributed by atoms with van der Waals surface area (Å²) in [6, 6.07) is 1.77. The minimum atomic E-state index is -0.438. The van der Waals surface area contributed by atoms with E-state index in [0.29, 0.717) is 17.9 Å². The van der Waals surface area contributed by atoms with Crippen molar-refractivity contribution < 1.29 is 9.53 Å². The highest BCUT2D eigenvalue weighted by Crippen LogP contribution is 2.24. The Balaban J connectivity index is 2.21. The number of hydrogen-bond donors (Lipinski definition) is 1. The molecule has 1 aliphatic rings. The van der Waals surface area contributed by atoms with Crippen molar-refractivity contribution in [3.05, 3.63) is 24.0 Å². The number of pyridine rings is 1. The zero-order valence-electron chi connectivity index (χ0n) is 10.3.